The highest BCUT2D eigenvalue weighted by Gasteiger charge is 2.13. The van der Waals surface area contributed by atoms with E-state index in [0.29, 0.717) is 17.9 Å². The SMILES string of the molecule is CNC(=O)COc1ccc([N+](=O)[O-])cc1CNC(C)C. The Morgan fingerprint density at radius 1 is 1.45 bits per heavy atom. The minimum absolute atomic E-state index is 0.00199. The van der Waals surface area contributed by atoms with Gasteiger partial charge in [-0.3, -0.25) is 14.9 Å². The topological polar surface area (TPSA) is 93.5 Å². The summed E-state index contributed by atoms with van der Waals surface area (Å²) >= 11 is 0. The van der Waals surface area contributed by atoms with E-state index in [4.69, 9.17) is 4.74 Å². The fourth-order valence-corrected chi connectivity index (χ4v) is 1.49. The van der Waals surface area contributed by atoms with Crippen molar-refractivity contribution in [2.24, 2.45) is 0 Å². The molecule has 7 nitrogen and oxygen atoms in total. The van der Waals surface area contributed by atoms with Gasteiger partial charge >= 0.3 is 0 Å². The molecule has 1 rings (SSSR count). The van der Waals surface area contributed by atoms with Crippen LogP contribution in [0.2, 0.25) is 0 Å². The van der Waals surface area contributed by atoms with Crippen molar-refractivity contribution in [1.82, 2.24) is 10.6 Å². The van der Waals surface area contributed by atoms with Crippen LogP contribution < -0.4 is 15.4 Å². The summed E-state index contributed by atoms with van der Waals surface area (Å²) in [5.74, 6) is 0.207. The molecule has 0 saturated heterocycles. The molecule has 0 atom stereocenters. The van der Waals surface area contributed by atoms with Gasteiger partial charge in [0.2, 0.25) is 0 Å². The number of nitro benzene ring substituents is 1. The third kappa shape index (κ3) is 4.85. The van der Waals surface area contributed by atoms with Crippen molar-refractivity contribution < 1.29 is 14.5 Å². The molecule has 1 amide bonds. The van der Waals surface area contributed by atoms with Gasteiger partial charge in [-0.1, -0.05) is 13.8 Å². The van der Waals surface area contributed by atoms with Crippen LogP contribution in [0.3, 0.4) is 0 Å². The number of hydrogen-bond acceptors (Lipinski definition) is 5. The van der Waals surface area contributed by atoms with Gasteiger partial charge in [-0.15, -0.1) is 0 Å². The average molecular weight is 281 g/mol. The number of nitrogens with zero attached hydrogens (tertiary/aromatic N) is 1. The standard InChI is InChI=1S/C13H19N3O4/c1-9(2)15-7-10-6-11(16(18)19)4-5-12(10)20-8-13(17)14-3/h4-6,9,15H,7-8H2,1-3H3,(H,14,17). The maximum atomic E-state index is 11.2. The largest absolute Gasteiger partial charge is 0.483 e. The van der Waals surface area contributed by atoms with Crippen molar-refractivity contribution in [1.29, 1.82) is 0 Å². The van der Waals surface area contributed by atoms with Crippen LogP contribution in [0, 0.1) is 10.1 Å². The zero-order valence-electron chi connectivity index (χ0n) is 11.8. The first-order chi connectivity index (χ1) is 9.43. The van der Waals surface area contributed by atoms with Crippen LogP contribution in [0.5, 0.6) is 5.75 Å². The summed E-state index contributed by atoms with van der Waals surface area (Å²) in [6, 6.07) is 4.56. The zero-order valence-corrected chi connectivity index (χ0v) is 11.8. The molecule has 0 fully saturated rings. The highest BCUT2D eigenvalue weighted by Crippen LogP contribution is 2.24. The van der Waals surface area contributed by atoms with Gasteiger partial charge in [0.25, 0.3) is 11.6 Å². The summed E-state index contributed by atoms with van der Waals surface area (Å²) in [5.41, 5.74) is 0.648. The number of carbonyl (C=O) groups is 1. The van der Waals surface area contributed by atoms with Gasteiger partial charge in [-0.25, -0.2) is 0 Å². The van der Waals surface area contributed by atoms with Crippen molar-refractivity contribution in [3.63, 3.8) is 0 Å². The number of non-ortho nitro benzene ring substituents is 1. The molecule has 20 heavy (non-hydrogen) atoms. The highest BCUT2D eigenvalue weighted by atomic mass is 16.6. The number of rotatable bonds is 7. The first-order valence-electron chi connectivity index (χ1n) is 6.28. The van der Waals surface area contributed by atoms with Crippen LogP contribution in [0.25, 0.3) is 0 Å². The summed E-state index contributed by atoms with van der Waals surface area (Å²) < 4.78 is 5.38. The second-order valence-corrected chi connectivity index (χ2v) is 4.55. The predicted octanol–water partition coefficient (Wildman–Crippen LogP) is 1.22. The Bertz CT molecular complexity index is 489. The third-order valence-electron chi connectivity index (χ3n) is 2.59. The second-order valence-electron chi connectivity index (χ2n) is 4.55. The quantitative estimate of drug-likeness (QED) is 0.579. The summed E-state index contributed by atoms with van der Waals surface area (Å²) in [6.45, 7) is 4.26. The van der Waals surface area contributed by atoms with Gasteiger partial charge in [0.05, 0.1) is 4.92 Å². The van der Waals surface area contributed by atoms with Crippen molar-refractivity contribution >= 4 is 11.6 Å². The molecule has 0 bridgehead atoms. The first-order valence-corrected chi connectivity index (χ1v) is 6.28. The van der Waals surface area contributed by atoms with E-state index in [1.54, 1.807) is 0 Å². The molecule has 0 aliphatic rings. The summed E-state index contributed by atoms with van der Waals surface area (Å²) in [7, 11) is 1.52. The Hall–Kier alpha value is -2.15. The lowest BCUT2D eigenvalue weighted by molar-refractivity contribution is -0.384. The minimum Gasteiger partial charge on any atom is -0.483 e. The molecule has 1 aromatic carbocycles. The van der Waals surface area contributed by atoms with Crippen LogP contribution in [0.15, 0.2) is 18.2 Å². The van der Waals surface area contributed by atoms with Gasteiger partial charge < -0.3 is 15.4 Å². The normalized spacial score (nSPS) is 10.4. The molecule has 0 saturated carbocycles. The van der Waals surface area contributed by atoms with Crippen LogP contribution in [-0.2, 0) is 11.3 Å². The Balaban J connectivity index is 2.90. The molecule has 0 heterocycles. The molecule has 0 aliphatic heterocycles. The van der Waals surface area contributed by atoms with Crippen molar-refractivity contribution in [3.05, 3.63) is 33.9 Å². The van der Waals surface area contributed by atoms with E-state index in [-0.39, 0.29) is 24.2 Å². The number of likely N-dealkylation sites (N-methyl/N-ethyl adjacent to an activating group) is 1. The monoisotopic (exact) mass is 281 g/mol. The maximum Gasteiger partial charge on any atom is 0.270 e. The molecule has 0 aliphatic carbocycles. The fraction of sp³-hybridized carbons (Fsp3) is 0.462. The Morgan fingerprint density at radius 2 is 2.15 bits per heavy atom. The highest BCUT2D eigenvalue weighted by molar-refractivity contribution is 5.77. The van der Waals surface area contributed by atoms with Crippen molar-refractivity contribution in [2.45, 2.75) is 26.4 Å². The molecular formula is C13H19N3O4. The smallest absolute Gasteiger partial charge is 0.270 e. The zero-order chi connectivity index (χ0) is 15.1. The second kappa shape index (κ2) is 7.44. The van der Waals surface area contributed by atoms with Gasteiger partial charge in [-0.05, 0) is 6.07 Å². The molecule has 2 N–H and O–H groups in total. The lowest BCUT2D eigenvalue weighted by atomic mass is 10.1. The number of ether oxygens (including phenoxy) is 1. The molecule has 1 aromatic rings. The summed E-state index contributed by atoms with van der Waals surface area (Å²) in [6.07, 6.45) is 0. The molecule has 110 valence electrons. The maximum absolute atomic E-state index is 11.2. The average Bonchev–Trinajstić information content (AvgIpc) is 2.42. The number of benzene rings is 1. The van der Waals surface area contributed by atoms with Crippen LogP contribution in [0.4, 0.5) is 5.69 Å². The molecule has 7 heteroatoms. The number of nitro groups is 1. The number of hydrogen-bond donors (Lipinski definition) is 2. The molecule has 0 aromatic heterocycles. The van der Waals surface area contributed by atoms with Crippen LogP contribution in [-0.4, -0.2) is 30.5 Å². The van der Waals surface area contributed by atoms with Crippen molar-refractivity contribution in [3.8, 4) is 5.75 Å². The van der Waals surface area contributed by atoms with Gasteiger partial charge in [0.15, 0.2) is 6.61 Å². The van der Waals surface area contributed by atoms with E-state index in [1.165, 1.54) is 25.2 Å². The lowest BCUT2D eigenvalue weighted by Crippen LogP contribution is -2.26. The lowest BCUT2D eigenvalue weighted by Gasteiger charge is -2.13. The molecule has 0 radical (unpaired) electrons. The van der Waals surface area contributed by atoms with E-state index in [1.807, 2.05) is 13.8 Å². The predicted molar refractivity (Wildman–Crippen MR) is 74.6 cm³/mol. The third-order valence-corrected chi connectivity index (χ3v) is 2.59. The molecule has 0 spiro atoms. The van der Waals surface area contributed by atoms with Crippen LogP contribution >= 0.6 is 0 Å². The van der Waals surface area contributed by atoms with Gasteiger partial charge in [-0.2, -0.15) is 0 Å². The van der Waals surface area contributed by atoms with E-state index in [2.05, 4.69) is 10.6 Å². The molecule has 0 unspecified atom stereocenters. The van der Waals surface area contributed by atoms with E-state index < -0.39 is 4.92 Å². The summed E-state index contributed by atoms with van der Waals surface area (Å²) in [4.78, 5) is 21.5. The summed E-state index contributed by atoms with van der Waals surface area (Å²) in [5, 5.41) is 16.4. The minimum atomic E-state index is -0.457. The first kappa shape index (κ1) is 15.9. The van der Waals surface area contributed by atoms with E-state index in [9.17, 15) is 14.9 Å². The fourth-order valence-electron chi connectivity index (χ4n) is 1.49. The number of nitrogens with one attached hydrogen (secondary N) is 2. The van der Waals surface area contributed by atoms with E-state index >= 15 is 0 Å². The molecular weight excluding hydrogens is 262 g/mol. The Morgan fingerprint density at radius 3 is 2.70 bits per heavy atom. The van der Waals surface area contributed by atoms with Crippen molar-refractivity contribution in [2.75, 3.05) is 13.7 Å². The number of carbonyl (C=O) groups excluding carboxylic acids is 1. The Labute approximate surface area is 117 Å². The van der Waals surface area contributed by atoms with E-state index in [0.717, 1.165) is 0 Å². The van der Waals surface area contributed by atoms with Gasteiger partial charge in [0, 0.05) is 37.3 Å². The Kier molecular flexibility index (Phi) is 5.92. The van der Waals surface area contributed by atoms with Crippen LogP contribution in [0.1, 0.15) is 19.4 Å². The van der Waals surface area contributed by atoms with Gasteiger partial charge in [0.1, 0.15) is 5.75 Å². The number of amides is 1.